The average Bonchev–Trinajstić information content (AvgIpc) is 3.32. The summed E-state index contributed by atoms with van der Waals surface area (Å²) in [6, 6.07) is 7.71. The summed E-state index contributed by atoms with van der Waals surface area (Å²) >= 11 is 0. The number of oxime groups is 1. The van der Waals surface area contributed by atoms with Crippen molar-refractivity contribution in [3.05, 3.63) is 35.4 Å². The molecule has 5 nitrogen and oxygen atoms in total. The van der Waals surface area contributed by atoms with Crippen molar-refractivity contribution in [2.75, 3.05) is 6.54 Å². The van der Waals surface area contributed by atoms with Gasteiger partial charge in [-0.15, -0.1) is 0 Å². The monoisotopic (exact) mass is 289 g/mol. The number of carbonyl (C=O) groups is 1. The predicted octanol–water partition coefficient (Wildman–Crippen LogP) is 2.11. The Hall–Kier alpha value is -2.04. The zero-order valence-electron chi connectivity index (χ0n) is 12.5. The molecular formula is C16H23N3O2. The van der Waals surface area contributed by atoms with Gasteiger partial charge in [-0.2, -0.15) is 0 Å². The van der Waals surface area contributed by atoms with Gasteiger partial charge >= 0.3 is 0 Å². The smallest absolute Gasteiger partial charge is 0.227 e. The summed E-state index contributed by atoms with van der Waals surface area (Å²) in [6.07, 6.45) is 4.85. The van der Waals surface area contributed by atoms with Crippen LogP contribution in [0.15, 0.2) is 29.4 Å². The van der Waals surface area contributed by atoms with E-state index in [2.05, 4.69) is 12.1 Å². The number of rotatable bonds is 7. The lowest BCUT2D eigenvalue weighted by Gasteiger charge is -2.22. The second-order valence-electron chi connectivity index (χ2n) is 5.53. The van der Waals surface area contributed by atoms with Gasteiger partial charge in [0.2, 0.25) is 5.91 Å². The average molecular weight is 289 g/mol. The van der Waals surface area contributed by atoms with E-state index < -0.39 is 0 Å². The molecule has 1 fully saturated rings. The Morgan fingerprint density at radius 1 is 1.38 bits per heavy atom. The van der Waals surface area contributed by atoms with Crippen LogP contribution in [0, 0.1) is 0 Å². The SMILES string of the molecule is CCCCN(C(=O)Cc1ccc(C(N)=NO)cc1)C1CC1. The molecule has 0 spiro atoms. The van der Waals surface area contributed by atoms with E-state index >= 15 is 0 Å². The molecule has 0 aliphatic heterocycles. The van der Waals surface area contributed by atoms with E-state index in [1.165, 1.54) is 0 Å². The Morgan fingerprint density at radius 3 is 2.57 bits per heavy atom. The van der Waals surface area contributed by atoms with Crippen molar-refractivity contribution < 1.29 is 10.0 Å². The van der Waals surface area contributed by atoms with Crippen LogP contribution in [0.25, 0.3) is 0 Å². The Balaban J connectivity index is 1.97. The van der Waals surface area contributed by atoms with Gasteiger partial charge in [-0.05, 0) is 24.8 Å². The molecule has 3 N–H and O–H groups in total. The number of hydrogen-bond acceptors (Lipinski definition) is 3. The summed E-state index contributed by atoms with van der Waals surface area (Å²) < 4.78 is 0. The largest absolute Gasteiger partial charge is 0.409 e. The highest BCUT2D eigenvalue weighted by atomic mass is 16.4. The zero-order chi connectivity index (χ0) is 15.2. The highest BCUT2D eigenvalue weighted by molar-refractivity contribution is 5.97. The van der Waals surface area contributed by atoms with Gasteiger partial charge in [-0.1, -0.05) is 42.8 Å². The van der Waals surface area contributed by atoms with Gasteiger partial charge in [0.25, 0.3) is 0 Å². The molecule has 0 unspecified atom stereocenters. The quantitative estimate of drug-likeness (QED) is 0.349. The van der Waals surface area contributed by atoms with E-state index in [1.807, 2.05) is 17.0 Å². The van der Waals surface area contributed by atoms with Crippen molar-refractivity contribution in [3.8, 4) is 0 Å². The Bertz CT molecular complexity index is 507. The van der Waals surface area contributed by atoms with Crippen LogP contribution >= 0.6 is 0 Å². The first-order valence-electron chi connectivity index (χ1n) is 7.52. The molecule has 1 amide bonds. The number of benzene rings is 1. The number of nitrogens with zero attached hydrogens (tertiary/aromatic N) is 2. The van der Waals surface area contributed by atoms with Crippen LogP contribution in [0.3, 0.4) is 0 Å². The van der Waals surface area contributed by atoms with E-state index in [0.717, 1.165) is 37.8 Å². The van der Waals surface area contributed by atoms with Crippen LogP contribution in [0.1, 0.15) is 43.7 Å². The number of hydrogen-bond donors (Lipinski definition) is 2. The minimum Gasteiger partial charge on any atom is -0.409 e. The van der Waals surface area contributed by atoms with Crippen molar-refractivity contribution in [1.29, 1.82) is 0 Å². The minimum atomic E-state index is 0.0791. The fraction of sp³-hybridized carbons (Fsp3) is 0.500. The van der Waals surface area contributed by atoms with E-state index in [4.69, 9.17) is 10.9 Å². The van der Waals surface area contributed by atoms with Gasteiger partial charge < -0.3 is 15.8 Å². The molecule has 1 saturated carbocycles. The number of carbonyl (C=O) groups excluding carboxylic acids is 1. The molecule has 0 bridgehead atoms. The number of nitrogens with two attached hydrogens (primary N) is 1. The van der Waals surface area contributed by atoms with Crippen LogP contribution in [0.4, 0.5) is 0 Å². The molecule has 0 saturated heterocycles. The van der Waals surface area contributed by atoms with Gasteiger partial charge in [-0.3, -0.25) is 4.79 Å². The molecule has 0 aromatic heterocycles. The van der Waals surface area contributed by atoms with Gasteiger partial charge in [0.05, 0.1) is 6.42 Å². The lowest BCUT2D eigenvalue weighted by atomic mass is 10.1. The minimum absolute atomic E-state index is 0.0791. The highest BCUT2D eigenvalue weighted by Crippen LogP contribution is 2.27. The van der Waals surface area contributed by atoms with Crippen molar-refractivity contribution >= 4 is 11.7 Å². The molecule has 1 aromatic carbocycles. The van der Waals surface area contributed by atoms with Gasteiger partial charge in [-0.25, -0.2) is 0 Å². The second-order valence-corrected chi connectivity index (χ2v) is 5.53. The third-order valence-corrected chi connectivity index (χ3v) is 3.77. The summed E-state index contributed by atoms with van der Waals surface area (Å²) in [5, 5.41) is 11.6. The Morgan fingerprint density at radius 2 is 2.05 bits per heavy atom. The van der Waals surface area contributed by atoms with E-state index in [1.54, 1.807) is 12.1 Å². The molecule has 1 aromatic rings. The molecule has 2 rings (SSSR count). The van der Waals surface area contributed by atoms with Gasteiger partial charge in [0.1, 0.15) is 0 Å². The fourth-order valence-electron chi connectivity index (χ4n) is 2.35. The molecule has 1 aliphatic carbocycles. The van der Waals surface area contributed by atoms with Crippen molar-refractivity contribution in [1.82, 2.24) is 4.90 Å². The first-order chi connectivity index (χ1) is 10.2. The third-order valence-electron chi connectivity index (χ3n) is 3.77. The molecule has 114 valence electrons. The van der Waals surface area contributed by atoms with Gasteiger partial charge in [0.15, 0.2) is 5.84 Å². The maximum Gasteiger partial charge on any atom is 0.227 e. The summed E-state index contributed by atoms with van der Waals surface area (Å²) in [4.78, 5) is 14.4. The fourth-order valence-corrected chi connectivity index (χ4v) is 2.35. The molecule has 0 atom stereocenters. The summed E-state index contributed by atoms with van der Waals surface area (Å²) in [7, 11) is 0. The Labute approximate surface area is 125 Å². The standard InChI is InChI=1S/C16H23N3O2/c1-2-3-10-19(14-8-9-14)15(20)11-12-4-6-13(7-5-12)16(17)18-21/h4-7,14,21H,2-3,8-11H2,1H3,(H2,17,18). The number of amides is 1. The molecule has 5 heteroatoms. The van der Waals surface area contributed by atoms with Crippen LogP contribution < -0.4 is 5.73 Å². The molecule has 21 heavy (non-hydrogen) atoms. The van der Waals surface area contributed by atoms with Crippen LogP contribution in [0.2, 0.25) is 0 Å². The lowest BCUT2D eigenvalue weighted by Crippen LogP contribution is -2.35. The zero-order valence-corrected chi connectivity index (χ0v) is 12.5. The number of unbranched alkanes of at least 4 members (excludes halogenated alkanes) is 1. The predicted molar refractivity (Wildman–Crippen MR) is 82.3 cm³/mol. The van der Waals surface area contributed by atoms with Crippen LogP contribution in [0.5, 0.6) is 0 Å². The second kappa shape index (κ2) is 7.11. The normalized spacial score (nSPS) is 15.0. The van der Waals surface area contributed by atoms with Crippen molar-refractivity contribution in [3.63, 3.8) is 0 Å². The first-order valence-corrected chi connectivity index (χ1v) is 7.52. The van der Waals surface area contributed by atoms with E-state index in [-0.39, 0.29) is 11.7 Å². The van der Waals surface area contributed by atoms with Crippen LogP contribution in [-0.4, -0.2) is 34.4 Å². The maximum absolute atomic E-state index is 12.4. The summed E-state index contributed by atoms with van der Waals surface area (Å²) in [6.45, 7) is 3.00. The van der Waals surface area contributed by atoms with Crippen molar-refractivity contribution in [2.45, 2.75) is 45.1 Å². The first kappa shape index (κ1) is 15.4. The van der Waals surface area contributed by atoms with Gasteiger partial charge in [0, 0.05) is 18.2 Å². The molecule has 0 radical (unpaired) electrons. The van der Waals surface area contributed by atoms with Crippen LogP contribution in [-0.2, 0) is 11.2 Å². The van der Waals surface area contributed by atoms with Crippen molar-refractivity contribution in [2.24, 2.45) is 10.9 Å². The third kappa shape index (κ3) is 4.21. The molecule has 0 heterocycles. The molecule has 1 aliphatic rings. The Kier molecular flexibility index (Phi) is 5.20. The lowest BCUT2D eigenvalue weighted by molar-refractivity contribution is -0.131. The maximum atomic E-state index is 12.4. The highest BCUT2D eigenvalue weighted by Gasteiger charge is 2.31. The molecular weight excluding hydrogens is 266 g/mol. The summed E-state index contributed by atoms with van der Waals surface area (Å²) in [5.41, 5.74) is 7.13. The topological polar surface area (TPSA) is 78.9 Å². The van der Waals surface area contributed by atoms with E-state index in [9.17, 15) is 4.79 Å². The van der Waals surface area contributed by atoms with E-state index in [0.29, 0.717) is 18.0 Å². The number of amidine groups is 1. The summed E-state index contributed by atoms with van der Waals surface area (Å²) in [5.74, 6) is 0.276.